The van der Waals surface area contributed by atoms with E-state index in [0.29, 0.717) is 18.4 Å². The molecular weight excluding hydrogens is 292 g/mol. The maximum atomic E-state index is 10.4. The summed E-state index contributed by atoms with van der Waals surface area (Å²) in [5.74, 6) is 0.748. The van der Waals surface area contributed by atoms with Gasteiger partial charge in [-0.25, -0.2) is 0 Å². The number of carboxylic acid groups (broad SMARTS) is 1. The fraction of sp³-hybridized carbons (Fsp3) is 0.500. The van der Waals surface area contributed by atoms with Crippen molar-refractivity contribution in [1.29, 1.82) is 0 Å². The van der Waals surface area contributed by atoms with Gasteiger partial charge in [0, 0.05) is 12.5 Å². The minimum atomic E-state index is -1.20. The van der Waals surface area contributed by atoms with Crippen molar-refractivity contribution in [3.63, 3.8) is 0 Å². The van der Waals surface area contributed by atoms with Gasteiger partial charge in [-0.3, -0.25) is 4.99 Å². The van der Waals surface area contributed by atoms with E-state index >= 15 is 0 Å². The summed E-state index contributed by atoms with van der Waals surface area (Å²) in [4.78, 5) is 19.1. The summed E-state index contributed by atoms with van der Waals surface area (Å²) < 4.78 is 0.0744. The molecule has 0 aromatic rings. The molecule has 0 aromatic carbocycles. The first-order chi connectivity index (χ1) is 10.1. The molecule has 0 saturated heterocycles. The Morgan fingerprint density at radius 3 is 2.90 bits per heavy atom. The normalized spacial score (nSPS) is 34.1. The smallest absolute Gasteiger partial charge is 0.218 e. The summed E-state index contributed by atoms with van der Waals surface area (Å²) in [6.45, 7) is 0.476. The van der Waals surface area contributed by atoms with Gasteiger partial charge < -0.3 is 15.2 Å². The number of nitrogens with one attached hydrogen (secondary N) is 1. The van der Waals surface area contributed by atoms with Crippen LogP contribution in [0.15, 0.2) is 33.8 Å². The number of rotatable bonds is 3. The van der Waals surface area contributed by atoms with Crippen molar-refractivity contribution in [3.05, 3.63) is 23.8 Å². The van der Waals surface area contributed by atoms with Crippen LogP contribution in [0.2, 0.25) is 0 Å². The highest BCUT2D eigenvalue weighted by Gasteiger charge is 2.40. The number of fused-ring (bicyclic) bond motifs is 1. The van der Waals surface area contributed by atoms with Gasteiger partial charge in [0.25, 0.3) is 0 Å². The van der Waals surface area contributed by atoms with Crippen molar-refractivity contribution in [3.8, 4) is 0 Å². The molecule has 21 heavy (non-hydrogen) atoms. The van der Waals surface area contributed by atoms with E-state index in [1.54, 1.807) is 25.0 Å². The fourth-order valence-electron chi connectivity index (χ4n) is 3.15. The summed E-state index contributed by atoms with van der Waals surface area (Å²) in [6.07, 6.45) is 9.71. The number of carbonyl (C=O) groups is 1. The van der Waals surface area contributed by atoms with Gasteiger partial charge in [0.05, 0.1) is 12.4 Å². The van der Waals surface area contributed by atoms with Crippen molar-refractivity contribution in [2.24, 2.45) is 21.8 Å². The number of quaternary nitrogens is 1. The number of allylic oxidation sites excluding steroid dienone is 2. The van der Waals surface area contributed by atoms with E-state index in [9.17, 15) is 9.90 Å². The Balaban J connectivity index is 1.64. The zero-order chi connectivity index (χ0) is 14.9. The van der Waals surface area contributed by atoms with E-state index in [0.717, 1.165) is 37.1 Å². The molecule has 1 N–H and O–H groups in total. The quantitative estimate of drug-likeness (QED) is 0.802. The number of nitrogens with zero attached hydrogens (tertiary/aromatic N) is 3. The monoisotopic (exact) mass is 308 g/mol. The fourth-order valence-corrected chi connectivity index (χ4v) is 3.38. The van der Waals surface area contributed by atoms with E-state index in [1.807, 2.05) is 0 Å². The molecule has 1 amide bonds. The van der Waals surface area contributed by atoms with Crippen LogP contribution >= 0.6 is 11.8 Å². The van der Waals surface area contributed by atoms with Crippen LogP contribution in [0.4, 0.5) is 4.79 Å². The molecule has 3 aliphatic rings. The minimum Gasteiger partial charge on any atom is -0.530 e. The molecule has 1 aliphatic carbocycles. The predicted octanol–water partition coefficient (Wildman–Crippen LogP) is 1.51. The molecule has 7 heteroatoms. The lowest BCUT2D eigenvalue weighted by atomic mass is 9.80. The third-order valence-electron chi connectivity index (χ3n) is 4.33. The minimum absolute atomic E-state index is 0.0744. The van der Waals surface area contributed by atoms with Gasteiger partial charge in [-0.15, -0.1) is 4.00 Å². The summed E-state index contributed by atoms with van der Waals surface area (Å²) in [5, 5.41) is 12.8. The summed E-state index contributed by atoms with van der Waals surface area (Å²) in [5.41, 5.74) is 1.94. The standard InChI is InChI=1S/C14H17ClN4O2/c15-19-6-5-16-8-12(19)13(18-9-19)11-3-1-10(2-4-11)7-17-14(20)21/h5-6,8-11,17H,1-4,7H2. The van der Waals surface area contributed by atoms with Gasteiger partial charge in [0.15, 0.2) is 11.8 Å². The molecule has 0 bridgehead atoms. The lowest BCUT2D eigenvalue weighted by molar-refractivity contribution is -0.592. The lowest BCUT2D eigenvalue weighted by Crippen LogP contribution is -2.40. The first-order valence-electron chi connectivity index (χ1n) is 7.12. The van der Waals surface area contributed by atoms with Crippen molar-refractivity contribution in [1.82, 2.24) is 5.32 Å². The predicted molar refractivity (Wildman–Crippen MR) is 78.1 cm³/mol. The zero-order valence-corrected chi connectivity index (χ0v) is 12.3. The van der Waals surface area contributed by atoms with Crippen LogP contribution in [0.25, 0.3) is 0 Å². The summed E-state index contributed by atoms with van der Waals surface area (Å²) in [7, 11) is 0. The molecule has 2 aliphatic heterocycles. The second-order valence-corrected chi connectivity index (χ2v) is 6.22. The average molecular weight is 309 g/mol. The molecule has 1 atom stereocenters. The summed E-state index contributed by atoms with van der Waals surface area (Å²) >= 11 is 6.47. The Morgan fingerprint density at radius 2 is 2.19 bits per heavy atom. The highest BCUT2D eigenvalue weighted by Crippen LogP contribution is 2.40. The van der Waals surface area contributed by atoms with Gasteiger partial charge in [0.1, 0.15) is 18.0 Å². The highest BCUT2D eigenvalue weighted by atomic mass is 35.5. The maximum Gasteiger partial charge on any atom is 0.218 e. The molecule has 1 saturated carbocycles. The van der Waals surface area contributed by atoms with Gasteiger partial charge in [-0.1, -0.05) is 0 Å². The molecular formula is C14H17ClN4O2. The average Bonchev–Trinajstić information content (AvgIpc) is 2.83. The van der Waals surface area contributed by atoms with Crippen LogP contribution in [0.5, 0.6) is 0 Å². The van der Waals surface area contributed by atoms with Crippen molar-refractivity contribution < 1.29 is 13.9 Å². The second-order valence-electron chi connectivity index (χ2n) is 5.66. The maximum absolute atomic E-state index is 10.4. The van der Waals surface area contributed by atoms with Crippen molar-refractivity contribution >= 4 is 30.4 Å². The largest absolute Gasteiger partial charge is 0.530 e. The summed E-state index contributed by atoms with van der Waals surface area (Å²) in [6, 6.07) is 0. The molecule has 1 unspecified atom stereocenters. The van der Waals surface area contributed by atoms with Gasteiger partial charge >= 0.3 is 0 Å². The molecule has 0 radical (unpaired) electrons. The van der Waals surface area contributed by atoms with Crippen LogP contribution < -0.4 is 10.4 Å². The third-order valence-corrected chi connectivity index (χ3v) is 4.71. The Labute approximate surface area is 128 Å². The number of hydrogen-bond donors (Lipinski definition) is 1. The molecule has 6 nitrogen and oxygen atoms in total. The van der Waals surface area contributed by atoms with E-state index in [4.69, 9.17) is 11.8 Å². The highest BCUT2D eigenvalue weighted by molar-refractivity contribution is 6.14. The molecule has 0 aromatic heterocycles. The zero-order valence-electron chi connectivity index (χ0n) is 11.5. The number of amides is 1. The van der Waals surface area contributed by atoms with Crippen molar-refractivity contribution in [2.75, 3.05) is 6.54 Å². The van der Waals surface area contributed by atoms with E-state index < -0.39 is 6.09 Å². The number of aliphatic imine (C=N–C) groups is 2. The first kappa shape index (κ1) is 14.3. The first-order valence-corrected chi connectivity index (χ1v) is 7.46. The van der Waals surface area contributed by atoms with Crippen LogP contribution in [-0.2, 0) is 0 Å². The Kier molecular flexibility index (Phi) is 3.82. The van der Waals surface area contributed by atoms with Crippen molar-refractivity contribution in [2.45, 2.75) is 25.7 Å². The van der Waals surface area contributed by atoms with Gasteiger partial charge in [-0.05, 0) is 31.6 Å². The second kappa shape index (κ2) is 5.61. The van der Waals surface area contributed by atoms with Crippen LogP contribution in [0, 0.1) is 11.8 Å². The number of carbonyl (C=O) groups excluding carboxylic acids is 1. The van der Waals surface area contributed by atoms with Gasteiger partial charge in [0.2, 0.25) is 12.0 Å². The van der Waals surface area contributed by atoms with Crippen LogP contribution in [0.1, 0.15) is 25.7 Å². The number of halogens is 1. The number of hydrogen-bond acceptors (Lipinski definition) is 4. The lowest BCUT2D eigenvalue weighted by Gasteiger charge is -2.29. The molecule has 0 spiro atoms. The van der Waals surface area contributed by atoms with Crippen LogP contribution in [0.3, 0.4) is 0 Å². The molecule has 2 heterocycles. The topological polar surface area (TPSA) is 76.9 Å². The Bertz CT molecular complexity index is 561. The third kappa shape index (κ3) is 2.87. The Hall–Kier alpha value is -1.66. The van der Waals surface area contributed by atoms with E-state index in [2.05, 4.69) is 15.3 Å². The SMILES string of the molecule is O=C([O-])NCC1CCC(C2=C3C=NC=C[N+]3(Cl)C=N2)CC1. The van der Waals surface area contributed by atoms with E-state index in [1.165, 1.54) is 0 Å². The molecule has 3 rings (SSSR count). The molecule has 112 valence electrons. The van der Waals surface area contributed by atoms with Crippen LogP contribution in [-0.4, -0.2) is 29.2 Å². The Morgan fingerprint density at radius 1 is 1.43 bits per heavy atom. The molecule has 1 fully saturated rings. The van der Waals surface area contributed by atoms with E-state index in [-0.39, 0.29) is 4.00 Å². The van der Waals surface area contributed by atoms with Gasteiger partial charge in [-0.2, -0.15) is 4.99 Å².